The molecular weight excluding hydrogens is 186 g/mol. The van der Waals surface area contributed by atoms with Crippen LogP contribution in [0.4, 0.5) is 0 Å². The molecule has 0 radical (unpaired) electrons. The first kappa shape index (κ1) is 12.7. The first-order valence-electron chi connectivity index (χ1n) is 6.23. The fourth-order valence-electron chi connectivity index (χ4n) is 2.81. The van der Waals surface area contributed by atoms with Crippen LogP contribution in [0.3, 0.4) is 0 Å². The highest BCUT2D eigenvalue weighted by Gasteiger charge is 2.29. The van der Waals surface area contributed by atoms with Gasteiger partial charge in [-0.2, -0.15) is 0 Å². The highest BCUT2D eigenvalue weighted by atomic mass is 16.1. The molecule has 1 rings (SSSR count). The zero-order valence-electron chi connectivity index (χ0n) is 10.4. The Balaban J connectivity index is 2.41. The monoisotopic (exact) mass is 211 g/mol. The van der Waals surface area contributed by atoms with E-state index >= 15 is 0 Å². The molecule has 88 valence electrons. The average Bonchev–Trinajstić information content (AvgIpc) is 2.14. The predicted molar refractivity (Wildman–Crippen MR) is 63.6 cm³/mol. The first-order valence-corrected chi connectivity index (χ1v) is 6.23. The van der Waals surface area contributed by atoms with Crippen molar-refractivity contribution < 1.29 is 4.79 Å². The summed E-state index contributed by atoms with van der Waals surface area (Å²) in [5, 5.41) is 0. The molecular formula is C13H25NO. The lowest BCUT2D eigenvalue weighted by atomic mass is 9.70. The van der Waals surface area contributed by atoms with Crippen LogP contribution >= 0.6 is 0 Å². The van der Waals surface area contributed by atoms with E-state index in [0.29, 0.717) is 17.8 Å². The second-order valence-electron chi connectivity index (χ2n) is 5.79. The number of nitrogens with two attached hydrogens (primary N) is 1. The van der Waals surface area contributed by atoms with Gasteiger partial charge in [-0.3, -0.25) is 4.79 Å². The molecule has 1 fully saturated rings. The number of hydrogen-bond acceptors (Lipinski definition) is 2. The number of rotatable bonds is 4. The van der Waals surface area contributed by atoms with Crippen molar-refractivity contribution in [3.8, 4) is 0 Å². The molecule has 1 aliphatic rings. The summed E-state index contributed by atoms with van der Waals surface area (Å²) in [5.74, 6) is 0.887. The maximum atomic E-state index is 11.4. The van der Waals surface area contributed by atoms with Crippen molar-refractivity contribution in [1.82, 2.24) is 0 Å². The van der Waals surface area contributed by atoms with Crippen molar-refractivity contribution in [1.29, 1.82) is 0 Å². The smallest absolute Gasteiger partial charge is 0.149 e. The van der Waals surface area contributed by atoms with E-state index in [1.165, 1.54) is 25.7 Å². The molecule has 0 saturated heterocycles. The van der Waals surface area contributed by atoms with Crippen LogP contribution in [0.1, 0.15) is 59.3 Å². The van der Waals surface area contributed by atoms with Crippen molar-refractivity contribution in [3.05, 3.63) is 0 Å². The van der Waals surface area contributed by atoms with Crippen molar-refractivity contribution in [2.24, 2.45) is 17.1 Å². The summed E-state index contributed by atoms with van der Waals surface area (Å²) in [5.41, 5.74) is 6.35. The third-order valence-electron chi connectivity index (χ3n) is 3.66. The summed E-state index contributed by atoms with van der Waals surface area (Å²) in [7, 11) is 0. The molecule has 0 aromatic heterocycles. The van der Waals surface area contributed by atoms with Gasteiger partial charge in [0.25, 0.3) is 0 Å². The summed E-state index contributed by atoms with van der Waals surface area (Å²) in [4.78, 5) is 11.4. The van der Waals surface area contributed by atoms with Crippen molar-refractivity contribution >= 4 is 5.78 Å². The van der Waals surface area contributed by atoms with Gasteiger partial charge in [0.1, 0.15) is 5.78 Å². The Bertz CT molecular complexity index is 223. The summed E-state index contributed by atoms with van der Waals surface area (Å²) in [6.07, 6.45) is 6.59. The highest BCUT2D eigenvalue weighted by molar-refractivity contribution is 5.83. The highest BCUT2D eigenvalue weighted by Crippen LogP contribution is 2.40. The normalized spacial score (nSPS) is 27.3. The SMILES string of the molecule is CCC(=O)C(N)CC1CCCC(C)(C)C1. The van der Waals surface area contributed by atoms with Crippen LogP contribution in [0.15, 0.2) is 0 Å². The summed E-state index contributed by atoms with van der Waals surface area (Å²) in [6.45, 7) is 6.55. The van der Waals surface area contributed by atoms with Crippen molar-refractivity contribution in [2.75, 3.05) is 0 Å². The number of ketones is 1. The van der Waals surface area contributed by atoms with E-state index in [1.54, 1.807) is 0 Å². The molecule has 0 spiro atoms. The van der Waals surface area contributed by atoms with E-state index in [-0.39, 0.29) is 11.8 Å². The van der Waals surface area contributed by atoms with Gasteiger partial charge in [0, 0.05) is 6.42 Å². The Labute approximate surface area is 93.6 Å². The quantitative estimate of drug-likeness (QED) is 0.777. The summed E-state index contributed by atoms with van der Waals surface area (Å²) in [6, 6.07) is -0.214. The second-order valence-corrected chi connectivity index (χ2v) is 5.79. The lowest BCUT2D eigenvalue weighted by Crippen LogP contribution is -2.34. The van der Waals surface area contributed by atoms with Crippen LogP contribution in [0.25, 0.3) is 0 Å². The van der Waals surface area contributed by atoms with Crippen LogP contribution in [0.2, 0.25) is 0 Å². The lowest BCUT2D eigenvalue weighted by molar-refractivity contribution is -0.120. The predicted octanol–water partition coefficient (Wildman–Crippen LogP) is 2.90. The van der Waals surface area contributed by atoms with Crippen LogP contribution in [0.5, 0.6) is 0 Å². The minimum absolute atomic E-state index is 0.214. The van der Waals surface area contributed by atoms with E-state index in [4.69, 9.17) is 5.73 Å². The van der Waals surface area contributed by atoms with Gasteiger partial charge < -0.3 is 5.73 Å². The van der Waals surface area contributed by atoms with Gasteiger partial charge in [-0.1, -0.05) is 33.6 Å². The molecule has 15 heavy (non-hydrogen) atoms. The summed E-state index contributed by atoms with van der Waals surface area (Å²) >= 11 is 0. The Morgan fingerprint density at radius 3 is 2.73 bits per heavy atom. The molecule has 0 heterocycles. The minimum Gasteiger partial charge on any atom is -0.322 e. The lowest BCUT2D eigenvalue weighted by Gasteiger charge is -2.36. The molecule has 2 heteroatoms. The molecule has 2 unspecified atom stereocenters. The van der Waals surface area contributed by atoms with E-state index in [1.807, 2.05) is 6.92 Å². The Hall–Kier alpha value is -0.370. The van der Waals surface area contributed by atoms with E-state index in [9.17, 15) is 4.79 Å². The first-order chi connectivity index (χ1) is 6.94. The summed E-state index contributed by atoms with van der Waals surface area (Å²) < 4.78 is 0. The number of carbonyl (C=O) groups excluding carboxylic acids is 1. The van der Waals surface area contributed by atoms with Gasteiger partial charge in [-0.15, -0.1) is 0 Å². The minimum atomic E-state index is -0.214. The number of carbonyl (C=O) groups is 1. The van der Waals surface area contributed by atoms with Gasteiger partial charge in [0.15, 0.2) is 0 Å². The van der Waals surface area contributed by atoms with E-state index in [2.05, 4.69) is 13.8 Å². The molecule has 2 nitrogen and oxygen atoms in total. The fourth-order valence-corrected chi connectivity index (χ4v) is 2.81. The molecule has 0 aromatic rings. The van der Waals surface area contributed by atoms with E-state index in [0.717, 1.165) is 6.42 Å². The van der Waals surface area contributed by atoms with Gasteiger partial charge >= 0.3 is 0 Å². The third-order valence-corrected chi connectivity index (χ3v) is 3.66. The third kappa shape index (κ3) is 3.94. The van der Waals surface area contributed by atoms with Gasteiger partial charge in [0.2, 0.25) is 0 Å². The van der Waals surface area contributed by atoms with Gasteiger partial charge in [0.05, 0.1) is 6.04 Å². The van der Waals surface area contributed by atoms with Gasteiger partial charge in [-0.05, 0) is 30.6 Å². The molecule has 2 atom stereocenters. The molecule has 0 amide bonds. The topological polar surface area (TPSA) is 43.1 Å². The Morgan fingerprint density at radius 2 is 2.20 bits per heavy atom. The maximum Gasteiger partial charge on any atom is 0.149 e. The fraction of sp³-hybridized carbons (Fsp3) is 0.923. The zero-order chi connectivity index (χ0) is 11.5. The van der Waals surface area contributed by atoms with Crippen molar-refractivity contribution in [3.63, 3.8) is 0 Å². The van der Waals surface area contributed by atoms with Crippen molar-refractivity contribution in [2.45, 2.75) is 65.3 Å². The van der Waals surface area contributed by atoms with Crippen LogP contribution in [-0.4, -0.2) is 11.8 Å². The maximum absolute atomic E-state index is 11.4. The zero-order valence-corrected chi connectivity index (χ0v) is 10.4. The second kappa shape index (κ2) is 5.11. The molecule has 1 aliphatic carbocycles. The average molecular weight is 211 g/mol. The Morgan fingerprint density at radius 1 is 1.53 bits per heavy atom. The number of hydrogen-bond donors (Lipinski definition) is 1. The van der Waals surface area contributed by atoms with Crippen LogP contribution in [-0.2, 0) is 4.79 Å². The van der Waals surface area contributed by atoms with Gasteiger partial charge in [-0.25, -0.2) is 0 Å². The molecule has 0 bridgehead atoms. The van der Waals surface area contributed by atoms with Crippen LogP contribution < -0.4 is 5.73 Å². The molecule has 0 aromatic carbocycles. The molecule has 0 aliphatic heterocycles. The largest absolute Gasteiger partial charge is 0.322 e. The number of Topliss-reactive ketones (excluding diaryl/α,β-unsaturated/α-hetero) is 1. The molecule has 2 N–H and O–H groups in total. The standard InChI is InChI=1S/C13H25NO/c1-4-12(15)11(14)8-10-6-5-7-13(2,3)9-10/h10-11H,4-9,14H2,1-3H3. The Kier molecular flexibility index (Phi) is 4.32. The van der Waals surface area contributed by atoms with Crippen LogP contribution in [0, 0.1) is 11.3 Å². The molecule has 1 saturated carbocycles. The van der Waals surface area contributed by atoms with E-state index < -0.39 is 0 Å².